The molecular formula is C14H20O2. The number of hydrogen-bond acceptors (Lipinski definition) is 2. The van der Waals surface area contributed by atoms with Crippen LogP contribution in [0.25, 0.3) is 0 Å². The molecule has 1 saturated carbocycles. The van der Waals surface area contributed by atoms with Crippen LogP contribution in [0.3, 0.4) is 0 Å². The van der Waals surface area contributed by atoms with E-state index in [1.807, 2.05) is 0 Å². The molecule has 0 aliphatic heterocycles. The second-order valence-corrected chi connectivity index (χ2v) is 5.03. The zero-order valence-corrected chi connectivity index (χ0v) is 10.2. The van der Waals surface area contributed by atoms with Gasteiger partial charge in [-0.25, -0.2) is 0 Å². The molecule has 0 aromatic carbocycles. The Kier molecular flexibility index (Phi) is 3.17. The van der Waals surface area contributed by atoms with Crippen LogP contribution >= 0.6 is 0 Å². The molecule has 0 N–H and O–H groups in total. The molecule has 0 radical (unpaired) electrons. The third-order valence-corrected chi connectivity index (χ3v) is 3.83. The molecule has 16 heavy (non-hydrogen) atoms. The molecule has 2 rings (SSSR count). The Hall–Kier alpha value is -1.05. The van der Waals surface area contributed by atoms with E-state index in [-0.39, 0.29) is 12.1 Å². The summed E-state index contributed by atoms with van der Waals surface area (Å²) in [6.45, 7) is 7.90. The summed E-state index contributed by atoms with van der Waals surface area (Å²) < 4.78 is 5.32. The van der Waals surface area contributed by atoms with Gasteiger partial charge in [0.05, 0.1) is 0 Å². The highest BCUT2D eigenvalue weighted by atomic mass is 16.5. The van der Waals surface area contributed by atoms with Crippen LogP contribution in [0.4, 0.5) is 0 Å². The zero-order valence-electron chi connectivity index (χ0n) is 10.2. The van der Waals surface area contributed by atoms with E-state index in [9.17, 15) is 4.79 Å². The highest BCUT2D eigenvalue weighted by Gasteiger charge is 2.31. The average molecular weight is 220 g/mol. The lowest BCUT2D eigenvalue weighted by Crippen LogP contribution is -2.16. The van der Waals surface area contributed by atoms with E-state index < -0.39 is 0 Å². The highest BCUT2D eigenvalue weighted by Crippen LogP contribution is 2.43. The summed E-state index contributed by atoms with van der Waals surface area (Å²) in [6, 6.07) is 0. The van der Waals surface area contributed by atoms with Crippen molar-refractivity contribution in [3.63, 3.8) is 0 Å². The topological polar surface area (TPSA) is 26.3 Å². The van der Waals surface area contributed by atoms with Crippen molar-refractivity contribution in [2.45, 2.75) is 52.1 Å². The standard InChI is InChI=1S/C14H20O2/c1-9-4-6-14-10(2)8-12(16-11(3)15)5-7-13(9)14/h12,14H,2,4-8H2,1,3H3. The van der Waals surface area contributed by atoms with Gasteiger partial charge in [-0.1, -0.05) is 23.3 Å². The highest BCUT2D eigenvalue weighted by molar-refractivity contribution is 5.66. The molecule has 88 valence electrons. The third-order valence-electron chi connectivity index (χ3n) is 3.83. The summed E-state index contributed by atoms with van der Waals surface area (Å²) >= 11 is 0. The van der Waals surface area contributed by atoms with Crippen molar-refractivity contribution in [3.8, 4) is 0 Å². The monoisotopic (exact) mass is 220 g/mol. The first-order valence-corrected chi connectivity index (χ1v) is 6.11. The van der Waals surface area contributed by atoms with Gasteiger partial charge in [-0.3, -0.25) is 4.79 Å². The molecule has 0 aromatic heterocycles. The minimum Gasteiger partial charge on any atom is -0.462 e. The number of allylic oxidation sites excluding steroid dienone is 2. The Morgan fingerprint density at radius 2 is 2.12 bits per heavy atom. The molecule has 0 spiro atoms. The second kappa shape index (κ2) is 4.44. The van der Waals surface area contributed by atoms with Crippen molar-refractivity contribution in [1.82, 2.24) is 0 Å². The normalized spacial score (nSPS) is 30.0. The van der Waals surface area contributed by atoms with E-state index in [0.717, 1.165) is 19.3 Å². The maximum absolute atomic E-state index is 11.0. The number of carbonyl (C=O) groups excluding carboxylic acids is 1. The molecule has 0 aromatic rings. The van der Waals surface area contributed by atoms with E-state index in [0.29, 0.717) is 5.92 Å². The smallest absolute Gasteiger partial charge is 0.302 e. The first kappa shape index (κ1) is 11.4. The predicted octanol–water partition coefficient (Wildman–Crippen LogP) is 3.38. The third kappa shape index (κ3) is 2.21. The van der Waals surface area contributed by atoms with Gasteiger partial charge >= 0.3 is 5.97 Å². The fourth-order valence-electron chi connectivity index (χ4n) is 3.02. The predicted molar refractivity (Wildman–Crippen MR) is 64.0 cm³/mol. The summed E-state index contributed by atoms with van der Waals surface area (Å²) in [5, 5.41) is 0. The average Bonchev–Trinajstić information content (AvgIpc) is 2.47. The summed E-state index contributed by atoms with van der Waals surface area (Å²) in [5.74, 6) is 0.399. The molecule has 0 amide bonds. The number of ether oxygens (including phenoxy) is 1. The van der Waals surface area contributed by atoms with Crippen LogP contribution < -0.4 is 0 Å². The number of fused-ring (bicyclic) bond motifs is 1. The maximum atomic E-state index is 11.0. The molecule has 2 heteroatoms. The van der Waals surface area contributed by atoms with Crippen LogP contribution in [0, 0.1) is 5.92 Å². The number of carbonyl (C=O) groups is 1. The maximum Gasteiger partial charge on any atom is 0.302 e. The Morgan fingerprint density at radius 1 is 1.38 bits per heavy atom. The van der Waals surface area contributed by atoms with Crippen LogP contribution in [0.5, 0.6) is 0 Å². The quantitative estimate of drug-likeness (QED) is 0.500. The fraction of sp³-hybridized carbons (Fsp3) is 0.643. The van der Waals surface area contributed by atoms with Crippen LogP contribution in [-0.2, 0) is 9.53 Å². The van der Waals surface area contributed by atoms with E-state index >= 15 is 0 Å². The van der Waals surface area contributed by atoms with E-state index in [1.54, 1.807) is 5.57 Å². The molecule has 2 aliphatic carbocycles. The van der Waals surface area contributed by atoms with Crippen molar-refractivity contribution in [2.75, 3.05) is 0 Å². The molecule has 2 aliphatic rings. The van der Waals surface area contributed by atoms with Crippen molar-refractivity contribution >= 4 is 5.97 Å². The van der Waals surface area contributed by atoms with Crippen LogP contribution in [0.1, 0.15) is 46.0 Å². The van der Waals surface area contributed by atoms with Crippen molar-refractivity contribution < 1.29 is 9.53 Å². The number of rotatable bonds is 1. The summed E-state index contributed by atoms with van der Waals surface area (Å²) in [4.78, 5) is 11.0. The van der Waals surface area contributed by atoms with Crippen LogP contribution in [0.15, 0.2) is 23.3 Å². The minimum absolute atomic E-state index is 0.0518. The fourth-order valence-corrected chi connectivity index (χ4v) is 3.02. The van der Waals surface area contributed by atoms with Crippen molar-refractivity contribution in [2.24, 2.45) is 5.92 Å². The van der Waals surface area contributed by atoms with E-state index in [2.05, 4.69) is 13.5 Å². The molecule has 0 saturated heterocycles. The van der Waals surface area contributed by atoms with Gasteiger partial charge in [0, 0.05) is 19.3 Å². The molecule has 1 fully saturated rings. The van der Waals surface area contributed by atoms with Gasteiger partial charge in [0.15, 0.2) is 0 Å². The summed E-state index contributed by atoms with van der Waals surface area (Å²) in [7, 11) is 0. The lowest BCUT2D eigenvalue weighted by Gasteiger charge is -2.16. The van der Waals surface area contributed by atoms with Crippen molar-refractivity contribution in [1.29, 1.82) is 0 Å². The molecule has 0 bridgehead atoms. The molecular weight excluding hydrogens is 200 g/mol. The Morgan fingerprint density at radius 3 is 2.81 bits per heavy atom. The zero-order chi connectivity index (χ0) is 11.7. The number of hydrogen-bond donors (Lipinski definition) is 0. The Bertz CT molecular complexity index is 352. The minimum atomic E-state index is -0.171. The molecule has 0 heterocycles. The first-order valence-electron chi connectivity index (χ1n) is 6.11. The summed E-state index contributed by atoms with van der Waals surface area (Å²) in [6.07, 6.45) is 5.37. The molecule has 2 atom stereocenters. The Labute approximate surface area is 97.4 Å². The number of esters is 1. The van der Waals surface area contributed by atoms with Crippen molar-refractivity contribution in [3.05, 3.63) is 23.3 Å². The van der Waals surface area contributed by atoms with Gasteiger partial charge < -0.3 is 4.74 Å². The van der Waals surface area contributed by atoms with Crippen LogP contribution in [0.2, 0.25) is 0 Å². The SMILES string of the molecule is C=C1CC(OC(C)=O)CCC2=C(C)CCC12. The van der Waals surface area contributed by atoms with Gasteiger partial charge in [-0.2, -0.15) is 0 Å². The first-order chi connectivity index (χ1) is 7.58. The summed E-state index contributed by atoms with van der Waals surface area (Å²) in [5.41, 5.74) is 4.37. The van der Waals surface area contributed by atoms with Gasteiger partial charge in [-0.05, 0) is 32.6 Å². The van der Waals surface area contributed by atoms with Gasteiger partial charge in [-0.15, -0.1) is 0 Å². The lowest BCUT2D eigenvalue weighted by molar-refractivity contribution is -0.146. The largest absolute Gasteiger partial charge is 0.462 e. The van der Waals surface area contributed by atoms with Crippen LogP contribution in [-0.4, -0.2) is 12.1 Å². The van der Waals surface area contributed by atoms with E-state index in [4.69, 9.17) is 4.74 Å². The van der Waals surface area contributed by atoms with Gasteiger partial charge in [0.1, 0.15) is 6.10 Å². The second-order valence-electron chi connectivity index (χ2n) is 5.03. The van der Waals surface area contributed by atoms with Gasteiger partial charge in [0.2, 0.25) is 0 Å². The van der Waals surface area contributed by atoms with E-state index in [1.165, 1.54) is 30.9 Å². The Balaban J connectivity index is 2.11. The van der Waals surface area contributed by atoms with Gasteiger partial charge in [0.25, 0.3) is 0 Å². The lowest BCUT2D eigenvalue weighted by atomic mass is 9.92. The molecule has 2 nitrogen and oxygen atoms in total. The molecule has 2 unspecified atom stereocenters.